The summed E-state index contributed by atoms with van der Waals surface area (Å²) in [7, 11) is 0. The first kappa shape index (κ1) is 84.1. The fourth-order valence-corrected chi connectivity index (χ4v) is 21.2. The maximum atomic E-state index is 2.58. The van der Waals surface area contributed by atoms with Gasteiger partial charge in [0.2, 0.25) is 0 Å². The van der Waals surface area contributed by atoms with Crippen LogP contribution in [-0.2, 0) is 5.41 Å². The van der Waals surface area contributed by atoms with Crippen molar-refractivity contribution in [2.75, 3.05) is 0 Å². The number of hydrogen-bond acceptors (Lipinski definition) is 0. The van der Waals surface area contributed by atoms with Gasteiger partial charge in [0.1, 0.15) is 0 Å². The first-order chi connectivity index (χ1) is 68.8. The minimum absolute atomic E-state index is 1.08. The third kappa shape index (κ3) is 16.8. The summed E-state index contributed by atoms with van der Waals surface area (Å²) in [5, 5.41) is 0. The SMILES string of the molecule is c1ccc(-c2cc(-c3ccccc3)cc(-c3cccc(-c4cc(-c5cccc(-c6cc(-c7ccccc7)cc(-c7ccccc7)c6)c5)cc(C5(c6cc(-c7cccc(-c8cc(-c9ccccc9)cc(-c9ccccc9)c8)c7)cc(-c7cccc(-c8cc(-c9ccccc9)cc(-c9ccccc9)c8)c7)c6)c6cc(-c7ccccc7)ccc6-c6c(-c7ccccc7-c7ccccc7)cccc65)c4)c3)c2)cc1. The molecule has 139 heavy (non-hydrogen) atoms. The lowest BCUT2D eigenvalue weighted by Crippen LogP contribution is -2.29. The summed E-state index contributed by atoms with van der Waals surface area (Å²) < 4.78 is 0. The third-order valence-electron chi connectivity index (χ3n) is 28.0. The van der Waals surface area contributed by atoms with E-state index < -0.39 is 5.41 Å². The molecule has 0 amide bonds. The van der Waals surface area contributed by atoms with Crippen LogP contribution in [-0.4, -0.2) is 0 Å². The number of benzene rings is 23. The van der Waals surface area contributed by atoms with Crippen molar-refractivity contribution < 1.29 is 0 Å². The maximum absolute atomic E-state index is 2.58. The van der Waals surface area contributed by atoms with Crippen molar-refractivity contribution in [3.8, 4) is 223 Å². The first-order valence-corrected chi connectivity index (χ1v) is 48.1. The van der Waals surface area contributed by atoms with Gasteiger partial charge in [0.25, 0.3) is 0 Å². The van der Waals surface area contributed by atoms with Gasteiger partial charge in [0.05, 0.1) is 5.41 Å². The van der Waals surface area contributed by atoms with Crippen molar-refractivity contribution in [1.29, 1.82) is 0 Å². The fourth-order valence-electron chi connectivity index (χ4n) is 21.2. The highest BCUT2D eigenvalue weighted by atomic mass is 14.5. The third-order valence-corrected chi connectivity index (χ3v) is 28.0. The minimum Gasteiger partial charge on any atom is -0.0622 e. The van der Waals surface area contributed by atoms with Crippen molar-refractivity contribution in [3.05, 3.63) is 592 Å². The molecule has 0 heteroatoms. The predicted octanol–water partition coefficient (Wildman–Crippen LogP) is 37.7. The van der Waals surface area contributed by atoms with Crippen LogP contribution in [0.1, 0.15) is 22.3 Å². The monoisotopic (exact) mass is 1760 g/mol. The molecule has 650 valence electrons. The Hall–Kier alpha value is -17.9. The Bertz CT molecular complexity index is 7460. The van der Waals surface area contributed by atoms with E-state index in [2.05, 4.69) is 570 Å². The van der Waals surface area contributed by atoms with Crippen molar-refractivity contribution in [1.82, 2.24) is 0 Å². The van der Waals surface area contributed by atoms with Crippen molar-refractivity contribution in [2.45, 2.75) is 5.41 Å². The quantitative estimate of drug-likeness (QED) is 0.0673. The van der Waals surface area contributed by atoms with Crippen LogP contribution in [0.3, 0.4) is 0 Å². The lowest BCUT2D eigenvalue weighted by Gasteiger charge is -2.36. The molecule has 24 rings (SSSR count). The van der Waals surface area contributed by atoms with Crippen LogP contribution in [0.5, 0.6) is 0 Å². The molecule has 0 atom stereocenters. The zero-order chi connectivity index (χ0) is 92.4. The largest absolute Gasteiger partial charge is 0.0714 e. The first-order valence-electron chi connectivity index (χ1n) is 48.1. The van der Waals surface area contributed by atoms with Crippen LogP contribution in [0.25, 0.3) is 223 Å². The Morgan fingerprint density at radius 2 is 0.259 bits per heavy atom. The molecule has 0 spiro atoms. The summed E-state index contributed by atoms with van der Waals surface area (Å²) in [6.45, 7) is 0. The van der Waals surface area contributed by atoms with Gasteiger partial charge in [-0.15, -0.1) is 0 Å². The Morgan fingerprint density at radius 1 is 0.0863 bits per heavy atom. The predicted molar refractivity (Wildman–Crippen MR) is 587 cm³/mol. The summed E-state index contributed by atoms with van der Waals surface area (Å²) in [6, 6.07) is 214. The summed E-state index contributed by atoms with van der Waals surface area (Å²) in [5.74, 6) is 0. The second-order valence-corrected chi connectivity index (χ2v) is 36.6. The molecular weight excluding hydrogens is 1670 g/mol. The van der Waals surface area contributed by atoms with E-state index in [9.17, 15) is 0 Å². The van der Waals surface area contributed by atoms with Crippen molar-refractivity contribution in [2.24, 2.45) is 0 Å². The molecule has 0 saturated carbocycles. The van der Waals surface area contributed by atoms with Crippen molar-refractivity contribution >= 4 is 0 Å². The Morgan fingerprint density at radius 3 is 0.511 bits per heavy atom. The van der Waals surface area contributed by atoms with Gasteiger partial charge in [-0.05, 0) is 384 Å². The highest BCUT2D eigenvalue weighted by Gasteiger charge is 2.48. The van der Waals surface area contributed by atoms with Gasteiger partial charge in [-0.2, -0.15) is 0 Å². The molecule has 0 saturated heterocycles. The van der Waals surface area contributed by atoms with Gasteiger partial charge >= 0.3 is 0 Å². The average molecular weight is 1760 g/mol. The van der Waals surface area contributed by atoms with Gasteiger partial charge < -0.3 is 0 Å². The Kier molecular flexibility index (Phi) is 22.5. The van der Waals surface area contributed by atoms with Gasteiger partial charge in [0, 0.05) is 0 Å². The summed E-state index contributed by atoms with van der Waals surface area (Å²) in [6.07, 6.45) is 0. The number of rotatable bonds is 21. The number of fused-ring (bicyclic) bond motifs is 3. The van der Waals surface area contributed by atoms with E-state index in [1.165, 1.54) is 22.3 Å². The summed E-state index contributed by atoms with van der Waals surface area (Å²) >= 11 is 0. The molecule has 0 fully saturated rings. The van der Waals surface area contributed by atoms with Crippen LogP contribution < -0.4 is 0 Å². The summed E-state index contributed by atoms with van der Waals surface area (Å²) in [5.41, 5.74) is 48.9. The molecule has 0 heterocycles. The molecule has 0 aliphatic heterocycles. The maximum Gasteiger partial charge on any atom is 0.0714 e. The average Bonchev–Trinajstić information content (AvgIpc) is 1.52. The van der Waals surface area contributed by atoms with Crippen LogP contribution >= 0.6 is 0 Å². The Labute approximate surface area is 814 Å². The molecule has 23 aromatic rings. The molecule has 1 aliphatic carbocycles. The topological polar surface area (TPSA) is 0 Å². The minimum atomic E-state index is -1.13. The highest BCUT2D eigenvalue weighted by molar-refractivity contribution is 6.02. The van der Waals surface area contributed by atoms with Gasteiger partial charge in [0.15, 0.2) is 0 Å². The molecule has 1 aliphatic rings. The van der Waals surface area contributed by atoms with Crippen LogP contribution in [0.2, 0.25) is 0 Å². The van der Waals surface area contributed by atoms with E-state index in [4.69, 9.17) is 0 Å². The highest BCUT2D eigenvalue weighted by Crippen LogP contribution is 2.62. The molecular formula is C139H94. The molecule has 0 bridgehead atoms. The van der Waals surface area contributed by atoms with Crippen LogP contribution in [0.15, 0.2) is 570 Å². The second-order valence-electron chi connectivity index (χ2n) is 36.6. The smallest absolute Gasteiger partial charge is 0.0622 e. The van der Waals surface area contributed by atoms with E-state index in [1.807, 2.05) is 0 Å². The lowest BCUT2D eigenvalue weighted by atomic mass is 9.65. The van der Waals surface area contributed by atoms with E-state index in [1.54, 1.807) is 0 Å². The molecule has 0 radical (unpaired) electrons. The van der Waals surface area contributed by atoms with Crippen LogP contribution in [0, 0.1) is 0 Å². The second kappa shape index (κ2) is 37.1. The van der Waals surface area contributed by atoms with E-state index in [-0.39, 0.29) is 0 Å². The molecule has 0 nitrogen and oxygen atoms in total. The molecule has 0 unspecified atom stereocenters. The van der Waals surface area contributed by atoms with Gasteiger partial charge in [-0.25, -0.2) is 0 Å². The Balaban J connectivity index is 0.812. The standard InChI is InChI=1S/C139H94/c1-11-38-95(39-12-1)113-70-71-135-137(94-113)139(136-69-37-68-134(138(135)136)133-67-32-31-66-132(133)104-56-29-10-30-57-104,130-90-126(109-62-33-58-105(72-109)122-80-114(96-40-13-2-14-41-96)76-115(81-122)97-42-15-3-16-43-97)88-127(91-130)110-63-34-59-106(73-110)123-82-116(98-44-17-4-18-45-98)77-117(83-123)99-46-19-5-20-47-99)131-92-128(111-64-35-60-107(74-111)124-84-118(100-48-21-6-22-49-100)78-119(85-124)101-50-23-7-24-51-101)89-129(93-131)112-65-36-61-108(75-112)125-86-120(102-52-25-8-26-53-102)79-121(87-125)103-54-27-9-28-55-103/h1-94H. The van der Waals surface area contributed by atoms with E-state index in [0.29, 0.717) is 0 Å². The van der Waals surface area contributed by atoms with Gasteiger partial charge in [-0.3, -0.25) is 0 Å². The zero-order valence-corrected chi connectivity index (χ0v) is 76.8. The van der Waals surface area contributed by atoms with Crippen molar-refractivity contribution in [3.63, 3.8) is 0 Å². The molecule has 0 N–H and O–H groups in total. The number of hydrogen-bond donors (Lipinski definition) is 0. The molecule has 0 aromatic heterocycles. The normalized spacial score (nSPS) is 11.8. The van der Waals surface area contributed by atoms with E-state index >= 15 is 0 Å². The molecule has 23 aromatic carbocycles. The van der Waals surface area contributed by atoms with Gasteiger partial charge in [-0.1, -0.05) is 431 Å². The fraction of sp³-hybridized carbons (Fsp3) is 0.00719. The zero-order valence-electron chi connectivity index (χ0n) is 76.8. The van der Waals surface area contributed by atoms with E-state index in [0.717, 1.165) is 223 Å². The van der Waals surface area contributed by atoms with Crippen LogP contribution in [0.4, 0.5) is 0 Å². The summed E-state index contributed by atoms with van der Waals surface area (Å²) in [4.78, 5) is 0. The lowest BCUT2D eigenvalue weighted by molar-refractivity contribution is 0.770.